The van der Waals surface area contributed by atoms with E-state index in [0.29, 0.717) is 17.1 Å². The predicted octanol–water partition coefficient (Wildman–Crippen LogP) is 0.511. The molecule has 0 aliphatic heterocycles. The number of carbonyl (C=O) groups is 1. The van der Waals surface area contributed by atoms with Gasteiger partial charge in [-0.25, -0.2) is 4.79 Å². The first kappa shape index (κ1) is 23.6. The number of aliphatic hydroxyl groups excluding tert-OH is 5. The molecule has 7 N–H and O–H groups in total. The minimum absolute atomic E-state index is 0.0307. The van der Waals surface area contributed by atoms with E-state index in [9.17, 15) is 25.2 Å². The molecule has 2 aromatic carbocycles. The summed E-state index contributed by atoms with van der Waals surface area (Å²) in [7, 11) is 1.69. The zero-order chi connectivity index (χ0) is 22.3. The van der Waals surface area contributed by atoms with Crippen LogP contribution < -0.4 is 15.5 Å². The second-order valence-electron chi connectivity index (χ2n) is 7.12. The number of aryl methyl sites for hydroxylation is 1. The normalized spacial score (nSPS) is 15.0. The molecule has 2 amide bonds. The molecule has 4 unspecified atom stereocenters. The highest BCUT2D eigenvalue weighted by Gasteiger charge is 2.30. The molecule has 0 spiro atoms. The number of carbonyl (C=O) groups excluding carboxylic acids is 1. The van der Waals surface area contributed by atoms with Crippen molar-refractivity contribution in [2.45, 2.75) is 31.3 Å². The Morgan fingerprint density at radius 1 is 0.967 bits per heavy atom. The molecule has 9 nitrogen and oxygen atoms in total. The number of aliphatic hydroxyl groups is 5. The third kappa shape index (κ3) is 6.41. The fourth-order valence-corrected chi connectivity index (χ4v) is 2.89. The summed E-state index contributed by atoms with van der Waals surface area (Å²) in [6.45, 7) is 1.06. The van der Waals surface area contributed by atoms with Crippen LogP contribution in [-0.2, 0) is 0 Å². The average Bonchev–Trinajstić information content (AvgIpc) is 2.73. The highest BCUT2D eigenvalue weighted by molar-refractivity contribution is 6.00. The van der Waals surface area contributed by atoms with Gasteiger partial charge in [-0.3, -0.25) is 0 Å². The number of hydrogen-bond donors (Lipinski definition) is 7. The number of rotatable bonds is 9. The molecule has 2 rings (SSSR count). The molecule has 4 atom stereocenters. The molecule has 9 heteroatoms. The van der Waals surface area contributed by atoms with Crippen LogP contribution in [0.25, 0.3) is 0 Å². The topological polar surface area (TPSA) is 146 Å². The number of anilines is 3. The van der Waals surface area contributed by atoms with Crippen molar-refractivity contribution in [2.75, 3.05) is 35.7 Å². The second kappa shape index (κ2) is 10.9. The standard InChI is InChI=1S/C21H29N3O6/c1-13-10-15(24(2)11-17(26)19(28)20(29)18(27)12-25)8-9-16(13)23-21(30)22-14-6-4-3-5-7-14/h3-10,17-20,25-29H,11-12H2,1-2H3,(H2,22,23,30). The SMILES string of the molecule is Cc1cc(N(C)CC(O)C(O)C(O)C(O)CO)ccc1NC(=O)Nc1ccccc1. The smallest absolute Gasteiger partial charge is 0.323 e. The number of nitrogens with zero attached hydrogens (tertiary/aromatic N) is 1. The molecule has 0 heterocycles. The van der Waals surface area contributed by atoms with Crippen molar-refractivity contribution in [1.82, 2.24) is 0 Å². The summed E-state index contributed by atoms with van der Waals surface area (Å²) in [6, 6.07) is 13.9. The fourth-order valence-electron chi connectivity index (χ4n) is 2.89. The van der Waals surface area contributed by atoms with Crippen LogP contribution in [0, 0.1) is 6.92 Å². The Bertz CT molecular complexity index is 820. The van der Waals surface area contributed by atoms with Gasteiger partial charge in [0, 0.05) is 30.7 Å². The number of nitrogens with one attached hydrogen (secondary N) is 2. The second-order valence-corrected chi connectivity index (χ2v) is 7.12. The van der Waals surface area contributed by atoms with Crippen molar-refractivity contribution < 1.29 is 30.3 Å². The van der Waals surface area contributed by atoms with Crippen molar-refractivity contribution in [3.63, 3.8) is 0 Å². The minimum Gasteiger partial charge on any atom is -0.394 e. The third-order valence-electron chi connectivity index (χ3n) is 4.72. The summed E-state index contributed by atoms with van der Waals surface area (Å²) >= 11 is 0. The van der Waals surface area contributed by atoms with E-state index in [-0.39, 0.29) is 12.6 Å². The lowest BCUT2D eigenvalue weighted by molar-refractivity contribution is -0.112. The molecular formula is C21H29N3O6. The summed E-state index contributed by atoms with van der Waals surface area (Å²) in [5.74, 6) is 0. The summed E-state index contributed by atoms with van der Waals surface area (Å²) in [4.78, 5) is 13.8. The first-order valence-corrected chi connectivity index (χ1v) is 9.51. The number of likely N-dealkylation sites (N-methyl/N-ethyl adjacent to an activating group) is 1. The number of amides is 2. The lowest BCUT2D eigenvalue weighted by Gasteiger charge is -2.29. The van der Waals surface area contributed by atoms with Gasteiger partial charge in [0.15, 0.2) is 0 Å². The van der Waals surface area contributed by atoms with Crippen molar-refractivity contribution in [1.29, 1.82) is 0 Å². The fraction of sp³-hybridized carbons (Fsp3) is 0.381. The van der Waals surface area contributed by atoms with Gasteiger partial charge in [0.25, 0.3) is 0 Å². The van der Waals surface area contributed by atoms with Crippen LogP contribution in [0.4, 0.5) is 21.9 Å². The van der Waals surface area contributed by atoms with Crippen LogP contribution in [0.1, 0.15) is 5.56 Å². The summed E-state index contributed by atoms with van der Waals surface area (Å²) in [5, 5.41) is 53.6. The third-order valence-corrected chi connectivity index (χ3v) is 4.72. The van der Waals surface area contributed by atoms with Gasteiger partial charge >= 0.3 is 6.03 Å². The molecule has 0 saturated heterocycles. The number of para-hydroxylation sites is 1. The van der Waals surface area contributed by atoms with Gasteiger partial charge in [-0.1, -0.05) is 18.2 Å². The molecule has 0 fully saturated rings. The van der Waals surface area contributed by atoms with Gasteiger partial charge in [0.05, 0.1) is 12.7 Å². The van der Waals surface area contributed by atoms with Crippen LogP contribution in [0.15, 0.2) is 48.5 Å². The Labute approximate surface area is 175 Å². The molecule has 2 aromatic rings. The quantitative estimate of drug-likeness (QED) is 0.314. The van der Waals surface area contributed by atoms with Crippen LogP contribution >= 0.6 is 0 Å². The largest absolute Gasteiger partial charge is 0.394 e. The maximum absolute atomic E-state index is 12.2. The summed E-state index contributed by atoms with van der Waals surface area (Å²) in [5.41, 5.74) is 2.78. The zero-order valence-corrected chi connectivity index (χ0v) is 16.9. The molecule has 0 aliphatic rings. The predicted molar refractivity (Wildman–Crippen MR) is 115 cm³/mol. The summed E-state index contributed by atoms with van der Waals surface area (Å²) < 4.78 is 0. The lowest BCUT2D eigenvalue weighted by Crippen LogP contribution is -2.49. The van der Waals surface area contributed by atoms with Crippen LogP contribution in [-0.4, -0.2) is 76.2 Å². The Hall–Kier alpha value is -2.69. The Morgan fingerprint density at radius 3 is 2.20 bits per heavy atom. The Morgan fingerprint density at radius 2 is 1.60 bits per heavy atom. The van der Waals surface area contributed by atoms with E-state index in [1.165, 1.54) is 0 Å². The molecule has 0 aromatic heterocycles. The number of urea groups is 1. The van der Waals surface area contributed by atoms with Gasteiger partial charge in [-0.2, -0.15) is 0 Å². The van der Waals surface area contributed by atoms with E-state index in [4.69, 9.17) is 5.11 Å². The van der Waals surface area contributed by atoms with E-state index >= 15 is 0 Å². The van der Waals surface area contributed by atoms with Crippen molar-refractivity contribution in [3.05, 3.63) is 54.1 Å². The van der Waals surface area contributed by atoms with E-state index in [2.05, 4.69) is 10.6 Å². The van der Waals surface area contributed by atoms with Crippen LogP contribution in [0.3, 0.4) is 0 Å². The van der Waals surface area contributed by atoms with E-state index in [1.54, 1.807) is 42.3 Å². The van der Waals surface area contributed by atoms with Crippen molar-refractivity contribution >= 4 is 23.1 Å². The van der Waals surface area contributed by atoms with E-state index in [0.717, 1.165) is 5.56 Å². The van der Waals surface area contributed by atoms with Crippen LogP contribution in [0.2, 0.25) is 0 Å². The Balaban J connectivity index is 1.97. The molecular weight excluding hydrogens is 390 g/mol. The maximum atomic E-state index is 12.2. The molecule has 0 radical (unpaired) electrons. The zero-order valence-electron chi connectivity index (χ0n) is 16.9. The highest BCUT2D eigenvalue weighted by Crippen LogP contribution is 2.23. The molecule has 164 valence electrons. The molecule has 30 heavy (non-hydrogen) atoms. The van der Waals surface area contributed by atoms with E-state index in [1.807, 2.05) is 25.1 Å². The van der Waals surface area contributed by atoms with Crippen molar-refractivity contribution in [3.8, 4) is 0 Å². The summed E-state index contributed by atoms with van der Waals surface area (Å²) in [6.07, 6.45) is -6.20. The van der Waals surface area contributed by atoms with Gasteiger partial charge < -0.3 is 41.1 Å². The first-order valence-electron chi connectivity index (χ1n) is 9.51. The molecule has 0 bridgehead atoms. The lowest BCUT2D eigenvalue weighted by atomic mass is 10.0. The first-order chi connectivity index (χ1) is 14.2. The van der Waals surface area contributed by atoms with Gasteiger partial charge in [0.1, 0.15) is 18.3 Å². The maximum Gasteiger partial charge on any atom is 0.323 e. The van der Waals surface area contributed by atoms with Gasteiger partial charge in [0.2, 0.25) is 0 Å². The van der Waals surface area contributed by atoms with Gasteiger partial charge in [-0.05, 0) is 42.8 Å². The number of benzene rings is 2. The molecule has 0 aliphatic carbocycles. The monoisotopic (exact) mass is 419 g/mol. The van der Waals surface area contributed by atoms with E-state index < -0.39 is 31.0 Å². The van der Waals surface area contributed by atoms with Crippen molar-refractivity contribution in [2.24, 2.45) is 0 Å². The minimum atomic E-state index is -1.67. The van der Waals surface area contributed by atoms with Gasteiger partial charge in [-0.15, -0.1) is 0 Å². The Kier molecular flexibility index (Phi) is 8.58. The average molecular weight is 419 g/mol. The highest BCUT2D eigenvalue weighted by atomic mass is 16.4. The number of hydrogen-bond acceptors (Lipinski definition) is 7. The molecule has 0 saturated carbocycles. The van der Waals surface area contributed by atoms with Crippen LogP contribution in [0.5, 0.6) is 0 Å².